The molecule has 152 valence electrons. The smallest absolute Gasteiger partial charge is 0.381 e. The van der Waals surface area contributed by atoms with Gasteiger partial charge < -0.3 is 15.4 Å². The summed E-state index contributed by atoms with van der Waals surface area (Å²) < 4.78 is 42.7. The van der Waals surface area contributed by atoms with E-state index in [2.05, 4.69) is 4.90 Å². The largest absolute Gasteiger partial charge is 0.416 e. The van der Waals surface area contributed by atoms with Gasteiger partial charge in [-0.05, 0) is 81.3 Å². The molecule has 2 saturated heterocycles. The van der Waals surface area contributed by atoms with Gasteiger partial charge in [-0.2, -0.15) is 13.2 Å². The molecule has 2 aliphatic heterocycles. The Hall–Kier alpha value is -1.60. The van der Waals surface area contributed by atoms with Gasteiger partial charge in [0.1, 0.15) is 0 Å². The Labute approximate surface area is 159 Å². The van der Waals surface area contributed by atoms with Crippen molar-refractivity contribution < 1.29 is 24.1 Å². The SMILES string of the molecule is C1CCN(C2CCOCC2)C1.NC(=O)c1ccc(C(F)(F)F)cc1C1CC1.[HH]. The first kappa shape index (κ1) is 20.1. The first-order valence-electron chi connectivity index (χ1n) is 9.69. The first-order chi connectivity index (χ1) is 12.9. The number of halogens is 3. The van der Waals surface area contributed by atoms with E-state index >= 15 is 0 Å². The molecule has 7 heteroatoms. The minimum atomic E-state index is -4.38. The van der Waals surface area contributed by atoms with E-state index in [0.717, 1.165) is 44.2 Å². The Bertz CT molecular complexity index is 653. The van der Waals surface area contributed by atoms with E-state index in [-0.39, 0.29) is 12.9 Å². The molecule has 27 heavy (non-hydrogen) atoms. The van der Waals surface area contributed by atoms with E-state index in [1.54, 1.807) is 0 Å². The minimum absolute atomic E-state index is 0. The summed E-state index contributed by atoms with van der Waals surface area (Å²) in [6, 6.07) is 3.95. The molecule has 1 saturated carbocycles. The highest BCUT2D eigenvalue weighted by atomic mass is 19.4. The minimum Gasteiger partial charge on any atom is -0.381 e. The zero-order chi connectivity index (χ0) is 19.4. The van der Waals surface area contributed by atoms with Gasteiger partial charge in [0, 0.05) is 26.2 Å². The van der Waals surface area contributed by atoms with E-state index in [9.17, 15) is 18.0 Å². The number of benzene rings is 1. The van der Waals surface area contributed by atoms with Crippen LogP contribution in [0.1, 0.15) is 67.4 Å². The van der Waals surface area contributed by atoms with Crippen molar-refractivity contribution >= 4 is 5.91 Å². The highest BCUT2D eigenvalue weighted by molar-refractivity contribution is 5.94. The summed E-state index contributed by atoms with van der Waals surface area (Å²) >= 11 is 0. The Morgan fingerprint density at radius 3 is 2.26 bits per heavy atom. The molecule has 0 radical (unpaired) electrons. The molecule has 3 fully saturated rings. The molecule has 0 atom stereocenters. The van der Waals surface area contributed by atoms with Crippen molar-refractivity contribution in [2.75, 3.05) is 26.3 Å². The summed E-state index contributed by atoms with van der Waals surface area (Å²) in [6.07, 6.45) is 2.62. The second-order valence-corrected chi connectivity index (χ2v) is 7.52. The number of rotatable bonds is 3. The van der Waals surface area contributed by atoms with Gasteiger partial charge in [-0.25, -0.2) is 0 Å². The zero-order valence-corrected chi connectivity index (χ0v) is 15.4. The maximum absolute atomic E-state index is 12.5. The lowest BCUT2D eigenvalue weighted by molar-refractivity contribution is -0.137. The van der Waals surface area contributed by atoms with Crippen molar-refractivity contribution in [3.05, 3.63) is 34.9 Å². The fourth-order valence-electron chi connectivity index (χ4n) is 3.85. The number of amides is 1. The molecule has 2 heterocycles. The third-order valence-electron chi connectivity index (χ3n) is 5.51. The van der Waals surface area contributed by atoms with Crippen molar-refractivity contribution in [1.29, 1.82) is 0 Å². The zero-order valence-electron chi connectivity index (χ0n) is 15.4. The molecule has 1 aromatic rings. The maximum Gasteiger partial charge on any atom is 0.416 e. The Morgan fingerprint density at radius 2 is 1.74 bits per heavy atom. The molecule has 0 bridgehead atoms. The Morgan fingerprint density at radius 1 is 1.11 bits per heavy atom. The lowest BCUT2D eigenvalue weighted by Gasteiger charge is -2.30. The Kier molecular flexibility index (Phi) is 6.42. The molecule has 1 aromatic carbocycles. The third kappa shape index (κ3) is 5.45. The molecule has 0 unspecified atom stereocenters. The van der Waals surface area contributed by atoms with Crippen molar-refractivity contribution in [1.82, 2.24) is 4.90 Å². The third-order valence-corrected chi connectivity index (χ3v) is 5.51. The summed E-state index contributed by atoms with van der Waals surface area (Å²) in [5.74, 6) is -0.611. The van der Waals surface area contributed by atoms with Gasteiger partial charge >= 0.3 is 6.18 Å². The Balaban J connectivity index is 0.000000205. The lowest BCUT2D eigenvalue weighted by atomic mass is 9.99. The summed E-state index contributed by atoms with van der Waals surface area (Å²) in [5.41, 5.74) is 5.03. The number of nitrogens with zero attached hydrogens (tertiary/aromatic N) is 1. The van der Waals surface area contributed by atoms with Crippen LogP contribution < -0.4 is 5.73 Å². The topological polar surface area (TPSA) is 55.6 Å². The van der Waals surface area contributed by atoms with Crippen LogP contribution in [-0.4, -0.2) is 43.2 Å². The van der Waals surface area contributed by atoms with Crippen LogP contribution in [0.2, 0.25) is 0 Å². The fraction of sp³-hybridized carbons (Fsp3) is 0.650. The van der Waals surface area contributed by atoms with Gasteiger partial charge in [0.15, 0.2) is 0 Å². The number of carbonyl (C=O) groups excluding carboxylic acids is 1. The van der Waals surface area contributed by atoms with Crippen molar-refractivity contribution in [3.63, 3.8) is 0 Å². The number of likely N-dealkylation sites (tertiary alicyclic amines) is 1. The number of carbonyl (C=O) groups is 1. The van der Waals surface area contributed by atoms with Crippen molar-refractivity contribution in [2.24, 2.45) is 5.73 Å². The number of hydrogen-bond donors (Lipinski definition) is 1. The molecule has 0 spiro atoms. The molecule has 4 rings (SSSR count). The average molecular weight is 386 g/mol. The van der Waals surface area contributed by atoms with Gasteiger partial charge in [-0.1, -0.05) is 0 Å². The van der Waals surface area contributed by atoms with Crippen LogP contribution in [0.25, 0.3) is 0 Å². The van der Waals surface area contributed by atoms with Crippen molar-refractivity contribution in [3.8, 4) is 0 Å². The van der Waals surface area contributed by atoms with Crippen LogP contribution in [0.4, 0.5) is 13.2 Å². The second-order valence-electron chi connectivity index (χ2n) is 7.52. The molecule has 3 aliphatic rings. The van der Waals surface area contributed by atoms with Crippen LogP contribution in [0.15, 0.2) is 18.2 Å². The van der Waals surface area contributed by atoms with E-state index in [1.165, 1.54) is 44.8 Å². The molecule has 4 nitrogen and oxygen atoms in total. The van der Waals surface area contributed by atoms with Crippen LogP contribution >= 0.6 is 0 Å². The first-order valence-corrected chi connectivity index (χ1v) is 9.69. The fourth-order valence-corrected chi connectivity index (χ4v) is 3.85. The predicted molar refractivity (Wildman–Crippen MR) is 98.7 cm³/mol. The highest BCUT2D eigenvalue weighted by Crippen LogP contribution is 2.43. The maximum atomic E-state index is 12.5. The molecular formula is C20H29F3N2O2. The van der Waals surface area contributed by atoms with Crippen LogP contribution in [-0.2, 0) is 10.9 Å². The highest BCUT2D eigenvalue weighted by Gasteiger charge is 2.34. The van der Waals surface area contributed by atoms with E-state index < -0.39 is 17.6 Å². The van der Waals surface area contributed by atoms with Gasteiger partial charge in [0.05, 0.1) is 5.56 Å². The summed E-state index contributed by atoms with van der Waals surface area (Å²) in [7, 11) is 0. The molecule has 2 N–H and O–H groups in total. The summed E-state index contributed by atoms with van der Waals surface area (Å²) in [5, 5.41) is 0. The molecule has 1 amide bonds. The number of alkyl halides is 3. The number of primary amides is 1. The second kappa shape index (κ2) is 8.61. The van der Waals surface area contributed by atoms with Crippen LogP contribution in [0, 0.1) is 0 Å². The number of ether oxygens (including phenoxy) is 1. The number of nitrogens with two attached hydrogens (primary N) is 1. The summed E-state index contributed by atoms with van der Waals surface area (Å²) in [6.45, 7) is 4.65. The average Bonchev–Trinajstić information content (AvgIpc) is 3.35. The molecular weight excluding hydrogens is 357 g/mol. The van der Waals surface area contributed by atoms with Crippen LogP contribution in [0.5, 0.6) is 0 Å². The summed E-state index contributed by atoms with van der Waals surface area (Å²) in [4.78, 5) is 13.7. The number of hydrogen-bond acceptors (Lipinski definition) is 3. The monoisotopic (exact) mass is 386 g/mol. The standard InChI is InChI=1S/C11H10F3NO.C9H17NO.H2/c12-11(13,14)7-3-4-8(10(15)16)9(5-7)6-1-2-6;1-2-6-10(5-1)9-3-7-11-8-4-9;/h3-6H,1-2H2,(H2,15,16);9H,1-8H2;1H. The van der Waals surface area contributed by atoms with Gasteiger partial charge in [0.2, 0.25) is 5.91 Å². The van der Waals surface area contributed by atoms with Crippen molar-refractivity contribution in [2.45, 2.75) is 56.7 Å². The van der Waals surface area contributed by atoms with Gasteiger partial charge in [0.25, 0.3) is 0 Å². The lowest BCUT2D eigenvalue weighted by Crippen LogP contribution is -2.37. The van der Waals surface area contributed by atoms with E-state index in [4.69, 9.17) is 10.5 Å². The van der Waals surface area contributed by atoms with Gasteiger partial charge in [-0.3, -0.25) is 4.79 Å². The van der Waals surface area contributed by atoms with Crippen LogP contribution in [0.3, 0.4) is 0 Å². The molecule has 0 aromatic heterocycles. The molecule has 1 aliphatic carbocycles. The normalized spacial score (nSPS) is 21.6. The van der Waals surface area contributed by atoms with E-state index in [0.29, 0.717) is 5.56 Å². The predicted octanol–water partition coefficient (Wildman–Crippen LogP) is 4.19. The van der Waals surface area contributed by atoms with E-state index in [1.807, 2.05) is 0 Å². The van der Waals surface area contributed by atoms with Gasteiger partial charge in [-0.15, -0.1) is 0 Å². The quantitative estimate of drug-likeness (QED) is 0.848.